The van der Waals surface area contributed by atoms with Gasteiger partial charge in [0.25, 0.3) is 0 Å². The fraction of sp³-hybridized carbons (Fsp3) is 0.462. The Hall–Kier alpha value is -1.26. The topological polar surface area (TPSA) is 61.4 Å². The Bertz CT molecular complexity index is 410. The quantitative estimate of drug-likeness (QED) is 0.696. The number of hydrogen-bond donors (Lipinski definition) is 3. The number of alkyl halides is 1. The number of nitrogens with one attached hydrogen (secondary N) is 2. The standard InChI is InChI=1S/C13H19ClN2O2/c1-3-13(18)16-10-4-5-12(9(2)6-10)15-8-11(17)7-14/h4-6,11,15,17H,3,7-8H2,1-2H3,(H,16,18). The average Bonchev–Trinajstić information content (AvgIpc) is 2.37. The summed E-state index contributed by atoms with van der Waals surface area (Å²) < 4.78 is 0. The second-order valence-electron chi connectivity index (χ2n) is 4.12. The Morgan fingerprint density at radius 3 is 2.78 bits per heavy atom. The number of amides is 1. The maximum absolute atomic E-state index is 11.3. The van der Waals surface area contributed by atoms with Gasteiger partial charge in [-0.2, -0.15) is 0 Å². The molecule has 5 heteroatoms. The molecule has 18 heavy (non-hydrogen) atoms. The van der Waals surface area contributed by atoms with Crippen LogP contribution in [-0.2, 0) is 4.79 Å². The number of hydrogen-bond acceptors (Lipinski definition) is 3. The highest BCUT2D eigenvalue weighted by atomic mass is 35.5. The van der Waals surface area contributed by atoms with E-state index in [1.54, 1.807) is 0 Å². The van der Waals surface area contributed by atoms with E-state index < -0.39 is 6.10 Å². The molecule has 0 saturated carbocycles. The van der Waals surface area contributed by atoms with Crippen LogP contribution in [0, 0.1) is 6.92 Å². The summed E-state index contributed by atoms with van der Waals surface area (Å²) in [6, 6.07) is 5.60. The van der Waals surface area contributed by atoms with Crippen LogP contribution in [0.15, 0.2) is 18.2 Å². The molecule has 1 amide bonds. The third kappa shape index (κ3) is 4.55. The molecular formula is C13H19ClN2O2. The van der Waals surface area contributed by atoms with Crippen LogP contribution in [0.4, 0.5) is 11.4 Å². The van der Waals surface area contributed by atoms with Gasteiger partial charge in [0.15, 0.2) is 0 Å². The van der Waals surface area contributed by atoms with Crippen LogP contribution >= 0.6 is 11.6 Å². The van der Waals surface area contributed by atoms with Gasteiger partial charge in [-0.05, 0) is 30.7 Å². The number of rotatable bonds is 6. The molecular weight excluding hydrogens is 252 g/mol. The van der Waals surface area contributed by atoms with Gasteiger partial charge in [-0.25, -0.2) is 0 Å². The second-order valence-corrected chi connectivity index (χ2v) is 4.43. The number of aliphatic hydroxyl groups is 1. The molecule has 3 N–H and O–H groups in total. The summed E-state index contributed by atoms with van der Waals surface area (Å²) in [5.41, 5.74) is 2.71. The molecule has 1 aromatic carbocycles. The summed E-state index contributed by atoms with van der Waals surface area (Å²) in [6.45, 7) is 4.16. The van der Waals surface area contributed by atoms with E-state index in [-0.39, 0.29) is 11.8 Å². The summed E-state index contributed by atoms with van der Waals surface area (Å²) in [6.07, 6.45) is -0.105. The molecule has 0 aliphatic rings. The molecule has 0 radical (unpaired) electrons. The zero-order valence-electron chi connectivity index (χ0n) is 10.7. The van der Waals surface area contributed by atoms with Crippen molar-refractivity contribution < 1.29 is 9.90 Å². The third-order valence-corrected chi connectivity index (χ3v) is 2.89. The van der Waals surface area contributed by atoms with Crippen molar-refractivity contribution in [1.29, 1.82) is 0 Å². The molecule has 4 nitrogen and oxygen atoms in total. The number of aliphatic hydroxyl groups excluding tert-OH is 1. The van der Waals surface area contributed by atoms with Gasteiger partial charge in [0, 0.05) is 24.3 Å². The van der Waals surface area contributed by atoms with E-state index in [0.29, 0.717) is 13.0 Å². The van der Waals surface area contributed by atoms with E-state index in [1.165, 1.54) is 0 Å². The summed E-state index contributed by atoms with van der Waals surface area (Å²) in [5, 5.41) is 15.3. The zero-order valence-corrected chi connectivity index (χ0v) is 11.4. The molecule has 1 aromatic rings. The molecule has 0 aliphatic carbocycles. The lowest BCUT2D eigenvalue weighted by Gasteiger charge is -2.13. The lowest BCUT2D eigenvalue weighted by atomic mass is 10.1. The van der Waals surface area contributed by atoms with Crippen LogP contribution < -0.4 is 10.6 Å². The van der Waals surface area contributed by atoms with E-state index in [0.717, 1.165) is 16.9 Å². The molecule has 0 saturated heterocycles. The van der Waals surface area contributed by atoms with E-state index in [4.69, 9.17) is 11.6 Å². The van der Waals surface area contributed by atoms with Crippen molar-refractivity contribution in [3.8, 4) is 0 Å². The predicted molar refractivity (Wildman–Crippen MR) is 75.3 cm³/mol. The highest BCUT2D eigenvalue weighted by Gasteiger charge is 2.05. The Morgan fingerprint density at radius 1 is 1.50 bits per heavy atom. The Kier molecular flexibility index (Phi) is 5.95. The van der Waals surface area contributed by atoms with Crippen LogP contribution in [-0.4, -0.2) is 29.5 Å². The zero-order chi connectivity index (χ0) is 13.5. The number of carbonyl (C=O) groups is 1. The smallest absolute Gasteiger partial charge is 0.224 e. The number of halogens is 1. The molecule has 0 heterocycles. The highest BCUT2D eigenvalue weighted by molar-refractivity contribution is 6.18. The molecule has 0 aromatic heterocycles. The second kappa shape index (κ2) is 7.24. The molecule has 0 spiro atoms. The van der Waals surface area contributed by atoms with Crippen LogP contribution in [0.3, 0.4) is 0 Å². The summed E-state index contributed by atoms with van der Waals surface area (Å²) in [4.78, 5) is 11.3. The summed E-state index contributed by atoms with van der Waals surface area (Å²) >= 11 is 5.52. The van der Waals surface area contributed by atoms with Crippen molar-refractivity contribution in [3.05, 3.63) is 23.8 Å². The first-order valence-corrected chi connectivity index (χ1v) is 6.48. The van der Waals surface area contributed by atoms with Crippen LogP contribution in [0.2, 0.25) is 0 Å². The highest BCUT2D eigenvalue weighted by Crippen LogP contribution is 2.19. The van der Waals surface area contributed by atoms with Crippen molar-refractivity contribution in [2.75, 3.05) is 23.1 Å². The van der Waals surface area contributed by atoms with Crippen LogP contribution in [0.1, 0.15) is 18.9 Å². The van der Waals surface area contributed by atoms with Crippen LogP contribution in [0.5, 0.6) is 0 Å². The monoisotopic (exact) mass is 270 g/mol. The first kappa shape index (κ1) is 14.8. The van der Waals surface area contributed by atoms with Gasteiger partial charge in [0.1, 0.15) is 0 Å². The molecule has 0 bridgehead atoms. The van der Waals surface area contributed by atoms with Crippen molar-refractivity contribution in [2.24, 2.45) is 0 Å². The van der Waals surface area contributed by atoms with E-state index >= 15 is 0 Å². The fourth-order valence-corrected chi connectivity index (χ4v) is 1.58. The molecule has 0 aliphatic heterocycles. The van der Waals surface area contributed by atoms with Crippen molar-refractivity contribution >= 4 is 28.9 Å². The van der Waals surface area contributed by atoms with Gasteiger partial charge in [-0.3, -0.25) is 4.79 Å². The number of aryl methyl sites for hydroxylation is 1. The summed E-state index contributed by atoms with van der Waals surface area (Å²) in [7, 11) is 0. The average molecular weight is 271 g/mol. The first-order valence-electron chi connectivity index (χ1n) is 5.95. The van der Waals surface area contributed by atoms with E-state index in [1.807, 2.05) is 32.0 Å². The number of anilines is 2. The Morgan fingerprint density at radius 2 is 2.22 bits per heavy atom. The van der Waals surface area contributed by atoms with Crippen molar-refractivity contribution in [1.82, 2.24) is 0 Å². The van der Waals surface area contributed by atoms with Gasteiger partial charge in [0.2, 0.25) is 5.91 Å². The fourth-order valence-electron chi connectivity index (χ4n) is 1.47. The van der Waals surface area contributed by atoms with E-state index in [9.17, 15) is 9.90 Å². The molecule has 0 fully saturated rings. The molecule has 1 unspecified atom stereocenters. The largest absolute Gasteiger partial charge is 0.390 e. The van der Waals surface area contributed by atoms with Crippen LogP contribution in [0.25, 0.3) is 0 Å². The van der Waals surface area contributed by atoms with E-state index in [2.05, 4.69) is 10.6 Å². The van der Waals surface area contributed by atoms with Gasteiger partial charge < -0.3 is 15.7 Å². The van der Waals surface area contributed by atoms with Gasteiger partial charge in [-0.1, -0.05) is 6.92 Å². The maximum Gasteiger partial charge on any atom is 0.224 e. The van der Waals surface area contributed by atoms with Crippen molar-refractivity contribution in [3.63, 3.8) is 0 Å². The minimum atomic E-state index is -0.564. The molecule has 1 atom stereocenters. The third-order valence-electron chi connectivity index (χ3n) is 2.54. The van der Waals surface area contributed by atoms with Gasteiger partial charge in [-0.15, -0.1) is 11.6 Å². The van der Waals surface area contributed by atoms with Gasteiger partial charge in [0.05, 0.1) is 12.0 Å². The molecule has 100 valence electrons. The van der Waals surface area contributed by atoms with Crippen molar-refractivity contribution in [2.45, 2.75) is 26.4 Å². The lowest BCUT2D eigenvalue weighted by molar-refractivity contribution is -0.115. The number of carbonyl (C=O) groups excluding carboxylic acids is 1. The minimum Gasteiger partial charge on any atom is -0.390 e. The van der Waals surface area contributed by atoms with Gasteiger partial charge >= 0.3 is 0 Å². The predicted octanol–water partition coefficient (Wildman–Crippen LogP) is 2.36. The number of benzene rings is 1. The Balaban J connectivity index is 2.64. The lowest BCUT2D eigenvalue weighted by Crippen LogP contribution is -2.21. The normalized spacial score (nSPS) is 12.0. The summed E-state index contributed by atoms with van der Waals surface area (Å²) in [5.74, 6) is 0.198. The first-order chi connectivity index (χ1) is 8.56. The molecule has 1 rings (SSSR count). The maximum atomic E-state index is 11.3. The SMILES string of the molecule is CCC(=O)Nc1ccc(NCC(O)CCl)c(C)c1. The minimum absolute atomic E-state index is 0.00679. The Labute approximate surface area is 112 Å².